The summed E-state index contributed by atoms with van der Waals surface area (Å²) in [6.07, 6.45) is 3.01. The molecule has 0 heterocycles. The van der Waals surface area contributed by atoms with Gasteiger partial charge in [0.2, 0.25) is 11.8 Å². The van der Waals surface area contributed by atoms with Gasteiger partial charge in [-0.15, -0.1) is 0 Å². The van der Waals surface area contributed by atoms with Crippen molar-refractivity contribution in [2.24, 2.45) is 11.8 Å². The highest BCUT2D eigenvalue weighted by Gasteiger charge is 2.30. The fourth-order valence-corrected chi connectivity index (χ4v) is 3.69. The predicted molar refractivity (Wildman–Crippen MR) is 110 cm³/mol. The van der Waals surface area contributed by atoms with E-state index in [1.807, 2.05) is 57.2 Å². The highest BCUT2D eigenvalue weighted by molar-refractivity contribution is 5.94. The molecular formula is C23H28N2O2. The van der Waals surface area contributed by atoms with E-state index in [1.165, 1.54) is 11.1 Å². The van der Waals surface area contributed by atoms with E-state index in [-0.39, 0.29) is 23.7 Å². The highest BCUT2D eigenvalue weighted by Crippen LogP contribution is 2.31. The number of anilines is 2. The molecule has 0 radical (unpaired) electrons. The molecule has 2 aromatic carbocycles. The van der Waals surface area contributed by atoms with Crippen molar-refractivity contribution < 1.29 is 9.59 Å². The van der Waals surface area contributed by atoms with Gasteiger partial charge in [0.25, 0.3) is 0 Å². The largest absolute Gasteiger partial charge is 0.326 e. The van der Waals surface area contributed by atoms with E-state index in [2.05, 4.69) is 16.7 Å². The first-order valence-electron chi connectivity index (χ1n) is 9.68. The second-order valence-electron chi connectivity index (χ2n) is 7.71. The minimum Gasteiger partial charge on any atom is -0.326 e. The third-order valence-electron chi connectivity index (χ3n) is 5.43. The molecule has 0 bridgehead atoms. The Morgan fingerprint density at radius 3 is 1.81 bits per heavy atom. The minimum absolute atomic E-state index is 0.0172. The lowest BCUT2D eigenvalue weighted by Crippen LogP contribution is -2.32. The van der Waals surface area contributed by atoms with E-state index >= 15 is 0 Å². The maximum atomic E-state index is 12.6. The normalized spacial score (nSPS) is 19.4. The number of benzene rings is 2. The van der Waals surface area contributed by atoms with Gasteiger partial charge in [-0.1, -0.05) is 35.4 Å². The zero-order valence-corrected chi connectivity index (χ0v) is 16.3. The first-order chi connectivity index (χ1) is 12.9. The molecule has 0 spiro atoms. The van der Waals surface area contributed by atoms with Gasteiger partial charge < -0.3 is 10.6 Å². The predicted octanol–water partition coefficient (Wildman–Crippen LogP) is 5.00. The van der Waals surface area contributed by atoms with Crippen molar-refractivity contribution in [1.29, 1.82) is 0 Å². The summed E-state index contributed by atoms with van der Waals surface area (Å²) < 4.78 is 0. The number of hydrogen-bond donors (Lipinski definition) is 2. The van der Waals surface area contributed by atoms with E-state index in [0.717, 1.165) is 42.6 Å². The Labute approximate surface area is 161 Å². The summed E-state index contributed by atoms with van der Waals surface area (Å²) >= 11 is 0. The Bertz CT molecular complexity index is 819. The third-order valence-corrected chi connectivity index (χ3v) is 5.43. The van der Waals surface area contributed by atoms with E-state index in [1.54, 1.807) is 0 Å². The molecule has 1 fully saturated rings. The van der Waals surface area contributed by atoms with Gasteiger partial charge in [0.05, 0.1) is 0 Å². The molecule has 2 aromatic rings. The molecule has 142 valence electrons. The van der Waals surface area contributed by atoms with Crippen LogP contribution in [-0.4, -0.2) is 11.8 Å². The molecule has 3 rings (SSSR count). The first-order valence-corrected chi connectivity index (χ1v) is 9.68. The Hall–Kier alpha value is -2.62. The van der Waals surface area contributed by atoms with Gasteiger partial charge in [0.1, 0.15) is 0 Å². The molecule has 1 aliphatic rings. The molecule has 0 unspecified atom stereocenters. The molecule has 0 saturated heterocycles. The number of nitrogens with one attached hydrogen (secondary N) is 2. The smallest absolute Gasteiger partial charge is 0.227 e. The van der Waals surface area contributed by atoms with Crippen molar-refractivity contribution in [3.63, 3.8) is 0 Å². The van der Waals surface area contributed by atoms with Crippen molar-refractivity contribution in [3.05, 3.63) is 59.2 Å². The molecule has 0 aromatic heterocycles. The molecule has 1 aliphatic carbocycles. The zero-order chi connectivity index (χ0) is 19.4. The summed E-state index contributed by atoms with van der Waals surface area (Å²) in [6, 6.07) is 13.9. The van der Waals surface area contributed by atoms with Crippen molar-refractivity contribution in [1.82, 2.24) is 0 Å². The van der Waals surface area contributed by atoms with Gasteiger partial charge in [-0.25, -0.2) is 0 Å². The average molecular weight is 364 g/mol. The van der Waals surface area contributed by atoms with Crippen LogP contribution in [0.15, 0.2) is 42.5 Å². The number of hydrogen-bond acceptors (Lipinski definition) is 2. The summed E-state index contributed by atoms with van der Waals surface area (Å²) in [5.74, 6) is 0.0945. The van der Waals surface area contributed by atoms with Gasteiger partial charge in [-0.3, -0.25) is 9.59 Å². The summed E-state index contributed by atoms with van der Waals surface area (Å²) in [5, 5.41) is 6.05. The number of carbonyl (C=O) groups is 2. The molecule has 0 atom stereocenters. The standard InChI is InChI=1S/C23H28N2O2/c1-15-4-11-20(12-5-15)24-22(26)18-7-9-19(10-8-18)23(27)25-21-13-6-16(2)14-17(21)3/h4-6,11-14,18-19H,7-10H2,1-3H3,(H,24,26)(H,25,27). The van der Waals surface area contributed by atoms with Gasteiger partial charge in [-0.05, 0) is 70.2 Å². The SMILES string of the molecule is Cc1ccc(NC(=O)C2CCC(C(=O)Nc3ccc(C)cc3C)CC2)cc1. The Balaban J connectivity index is 1.51. The van der Waals surface area contributed by atoms with Crippen LogP contribution in [0.2, 0.25) is 0 Å². The van der Waals surface area contributed by atoms with Crippen LogP contribution < -0.4 is 10.6 Å². The Kier molecular flexibility index (Phi) is 5.94. The molecular weight excluding hydrogens is 336 g/mol. The topological polar surface area (TPSA) is 58.2 Å². The van der Waals surface area contributed by atoms with Crippen LogP contribution >= 0.6 is 0 Å². The molecule has 0 aliphatic heterocycles. The molecule has 1 saturated carbocycles. The maximum Gasteiger partial charge on any atom is 0.227 e. The Morgan fingerprint density at radius 1 is 0.741 bits per heavy atom. The second-order valence-corrected chi connectivity index (χ2v) is 7.71. The van der Waals surface area contributed by atoms with Gasteiger partial charge >= 0.3 is 0 Å². The van der Waals surface area contributed by atoms with Crippen molar-refractivity contribution >= 4 is 23.2 Å². The lowest BCUT2D eigenvalue weighted by Gasteiger charge is -2.27. The second kappa shape index (κ2) is 8.38. The Morgan fingerprint density at radius 2 is 1.26 bits per heavy atom. The van der Waals surface area contributed by atoms with Crippen molar-refractivity contribution in [2.45, 2.75) is 46.5 Å². The monoisotopic (exact) mass is 364 g/mol. The van der Waals surface area contributed by atoms with Crippen LogP contribution in [-0.2, 0) is 9.59 Å². The van der Waals surface area contributed by atoms with E-state index in [0.29, 0.717) is 0 Å². The van der Waals surface area contributed by atoms with Crippen LogP contribution in [0.3, 0.4) is 0 Å². The number of carbonyl (C=O) groups excluding carboxylic acids is 2. The molecule has 2 N–H and O–H groups in total. The van der Waals surface area contributed by atoms with Crippen LogP contribution in [0.25, 0.3) is 0 Å². The quantitative estimate of drug-likeness (QED) is 0.802. The van der Waals surface area contributed by atoms with Crippen molar-refractivity contribution in [3.8, 4) is 0 Å². The number of amides is 2. The van der Waals surface area contributed by atoms with Crippen LogP contribution in [0.1, 0.15) is 42.4 Å². The van der Waals surface area contributed by atoms with Gasteiger partial charge in [0.15, 0.2) is 0 Å². The molecule has 4 heteroatoms. The summed E-state index contributed by atoms with van der Waals surface area (Å²) in [5.41, 5.74) is 5.15. The lowest BCUT2D eigenvalue weighted by molar-refractivity contribution is -0.125. The van der Waals surface area contributed by atoms with Gasteiger partial charge in [-0.2, -0.15) is 0 Å². The molecule has 4 nitrogen and oxygen atoms in total. The highest BCUT2D eigenvalue weighted by atomic mass is 16.2. The minimum atomic E-state index is -0.0193. The zero-order valence-electron chi connectivity index (χ0n) is 16.3. The molecule has 27 heavy (non-hydrogen) atoms. The fourth-order valence-electron chi connectivity index (χ4n) is 3.69. The summed E-state index contributed by atoms with van der Waals surface area (Å²) in [7, 11) is 0. The molecule has 2 amide bonds. The van der Waals surface area contributed by atoms with Gasteiger partial charge in [0, 0.05) is 23.2 Å². The van der Waals surface area contributed by atoms with E-state index in [9.17, 15) is 9.59 Å². The number of aryl methyl sites for hydroxylation is 3. The fraction of sp³-hybridized carbons (Fsp3) is 0.391. The third kappa shape index (κ3) is 4.97. The first kappa shape index (κ1) is 19.2. The van der Waals surface area contributed by atoms with Crippen LogP contribution in [0.5, 0.6) is 0 Å². The summed E-state index contributed by atoms with van der Waals surface area (Å²) in [4.78, 5) is 25.1. The van der Waals surface area contributed by atoms with Crippen LogP contribution in [0, 0.1) is 32.6 Å². The average Bonchev–Trinajstić information content (AvgIpc) is 2.66. The number of rotatable bonds is 4. The van der Waals surface area contributed by atoms with E-state index < -0.39 is 0 Å². The van der Waals surface area contributed by atoms with Crippen LogP contribution in [0.4, 0.5) is 11.4 Å². The van der Waals surface area contributed by atoms with E-state index in [4.69, 9.17) is 0 Å². The summed E-state index contributed by atoms with van der Waals surface area (Å²) in [6.45, 7) is 6.08. The lowest BCUT2D eigenvalue weighted by atomic mass is 9.81. The maximum absolute atomic E-state index is 12.6. The van der Waals surface area contributed by atoms with Crippen molar-refractivity contribution in [2.75, 3.05) is 10.6 Å².